The lowest BCUT2D eigenvalue weighted by Crippen LogP contribution is -2.48. The molecule has 2 aromatic rings. The fourth-order valence-corrected chi connectivity index (χ4v) is 2.85. The number of halogens is 2. The molecule has 7 heteroatoms. The molecule has 0 spiro atoms. The lowest BCUT2D eigenvalue weighted by molar-refractivity contribution is -0.126. The van der Waals surface area contributed by atoms with Gasteiger partial charge in [0, 0.05) is 54.7 Å². The third-order valence-electron chi connectivity index (χ3n) is 3.79. The first-order valence-corrected chi connectivity index (χ1v) is 8.33. The molecule has 0 radical (unpaired) electrons. The molecule has 0 N–H and O–H groups in total. The van der Waals surface area contributed by atoms with E-state index in [1.165, 1.54) is 6.08 Å². The number of anilines is 1. The number of hydrogen-bond donors (Lipinski definition) is 0. The van der Waals surface area contributed by atoms with Crippen LogP contribution >= 0.6 is 23.2 Å². The molecule has 124 valence electrons. The molecule has 0 aliphatic carbocycles. The molecular formula is C17H16Cl2N4O. The fourth-order valence-electron chi connectivity index (χ4n) is 2.49. The number of piperazine rings is 1. The van der Waals surface area contributed by atoms with Crippen LogP contribution in [0.2, 0.25) is 10.0 Å². The molecule has 0 atom stereocenters. The average molecular weight is 363 g/mol. The molecule has 24 heavy (non-hydrogen) atoms. The number of amides is 1. The Morgan fingerprint density at radius 2 is 1.79 bits per heavy atom. The Hall–Kier alpha value is -2.11. The second kappa shape index (κ2) is 7.64. The lowest BCUT2D eigenvalue weighted by atomic mass is 10.2. The standard InChI is InChI=1S/C17H16Cl2N4O/c18-14-3-4-15(19)13(12-14)2-5-16(24)22-8-10-23(11-9-22)17-20-6-1-7-21-17/h1-7,12H,8-11H2/b5-2+. The van der Waals surface area contributed by atoms with Crippen molar-refractivity contribution in [2.75, 3.05) is 31.1 Å². The van der Waals surface area contributed by atoms with Crippen LogP contribution in [0.5, 0.6) is 0 Å². The van der Waals surface area contributed by atoms with Crippen molar-refractivity contribution in [3.8, 4) is 0 Å². The molecule has 5 nitrogen and oxygen atoms in total. The predicted molar refractivity (Wildman–Crippen MR) is 96.3 cm³/mol. The summed E-state index contributed by atoms with van der Waals surface area (Å²) in [5.41, 5.74) is 0.730. The van der Waals surface area contributed by atoms with E-state index < -0.39 is 0 Å². The van der Waals surface area contributed by atoms with Crippen molar-refractivity contribution in [3.05, 3.63) is 58.3 Å². The first-order chi connectivity index (χ1) is 11.6. The molecule has 0 bridgehead atoms. The van der Waals surface area contributed by atoms with Crippen molar-refractivity contribution >= 4 is 41.1 Å². The summed E-state index contributed by atoms with van der Waals surface area (Å²) in [5.74, 6) is 0.658. The molecule has 1 aliphatic heterocycles. The number of hydrogen-bond acceptors (Lipinski definition) is 4. The summed E-state index contributed by atoms with van der Waals surface area (Å²) in [6.07, 6.45) is 6.67. The van der Waals surface area contributed by atoms with Crippen molar-refractivity contribution in [1.82, 2.24) is 14.9 Å². The maximum Gasteiger partial charge on any atom is 0.246 e. The van der Waals surface area contributed by atoms with E-state index in [0.29, 0.717) is 42.2 Å². The third kappa shape index (κ3) is 4.04. The molecule has 0 saturated carbocycles. The maximum absolute atomic E-state index is 12.3. The molecule has 1 aromatic heterocycles. The molecule has 3 rings (SSSR count). The van der Waals surface area contributed by atoms with Gasteiger partial charge in [-0.05, 0) is 35.9 Å². The van der Waals surface area contributed by atoms with E-state index in [9.17, 15) is 4.79 Å². The Bertz CT molecular complexity index is 744. The molecule has 0 unspecified atom stereocenters. The van der Waals surface area contributed by atoms with Crippen LogP contribution in [-0.2, 0) is 4.79 Å². The van der Waals surface area contributed by atoms with E-state index >= 15 is 0 Å². The molecule has 2 heterocycles. The Balaban J connectivity index is 1.59. The van der Waals surface area contributed by atoms with E-state index in [2.05, 4.69) is 14.9 Å². The quantitative estimate of drug-likeness (QED) is 0.787. The Labute approximate surface area is 150 Å². The van der Waals surface area contributed by atoms with Gasteiger partial charge >= 0.3 is 0 Å². The fraction of sp³-hybridized carbons (Fsp3) is 0.235. The van der Waals surface area contributed by atoms with Gasteiger partial charge in [0.2, 0.25) is 11.9 Å². The highest BCUT2D eigenvalue weighted by atomic mass is 35.5. The minimum absolute atomic E-state index is 0.0420. The Kier molecular flexibility index (Phi) is 5.33. The van der Waals surface area contributed by atoms with Crippen LogP contribution in [0.3, 0.4) is 0 Å². The van der Waals surface area contributed by atoms with E-state index in [1.807, 2.05) is 0 Å². The van der Waals surface area contributed by atoms with E-state index in [4.69, 9.17) is 23.2 Å². The summed E-state index contributed by atoms with van der Waals surface area (Å²) in [7, 11) is 0. The SMILES string of the molecule is O=C(/C=C/c1cc(Cl)ccc1Cl)N1CCN(c2ncccn2)CC1. The van der Waals surface area contributed by atoms with Crippen molar-refractivity contribution in [2.24, 2.45) is 0 Å². The molecule has 1 saturated heterocycles. The van der Waals surface area contributed by atoms with Gasteiger partial charge in [0.05, 0.1) is 0 Å². The predicted octanol–water partition coefficient (Wildman–Crippen LogP) is 3.15. The van der Waals surface area contributed by atoms with E-state index in [0.717, 1.165) is 5.56 Å². The Morgan fingerprint density at radius 1 is 1.08 bits per heavy atom. The zero-order chi connectivity index (χ0) is 16.9. The van der Waals surface area contributed by atoms with Crippen molar-refractivity contribution in [2.45, 2.75) is 0 Å². The van der Waals surface area contributed by atoms with Crippen LogP contribution in [-0.4, -0.2) is 47.0 Å². The number of aromatic nitrogens is 2. The molecule has 1 aromatic carbocycles. The van der Waals surface area contributed by atoms with Gasteiger partial charge in [-0.1, -0.05) is 23.2 Å². The zero-order valence-electron chi connectivity index (χ0n) is 12.9. The zero-order valence-corrected chi connectivity index (χ0v) is 14.4. The van der Waals surface area contributed by atoms with Gasteiger partial charge in [-0.15, -0.1) is 0 Å². The molecule has 1 aliphatic rings. The van der Waals surface area contributed by atoms with Crippen LogP contribution in [0.1, 0.15) is 5.56 Å². The minimum atomic E-state index is -0.0420. The highest BCUT2D eigenvalue weighted by Crippen LogP contribution is 2.22. The van der Waals surface area contributed by atoms with Crippen LogP contribution in [0.4, 0.5) is 5.95 Å². The number of carbonyl (C=O) groups excluding carboxylic acids is 1. The second-order valence-corrected chi connectivity index (χ2v) is 6.20. The summed E-state index contributed by atoms with van der Waals surface area (Å²) >= 11 is 12.0. The molecular weight excluding hydrogens is 347 g/mol. The van der Waals surface area contributed by atoms with Gasteiger partial charge in [0.15, 0.2) is 0 Å². The van der Waals surface area contributed by atoms with Gasteiger partial charge in [-0.2, -0.15) is 0 Å². The highest BCUT2D eigenvalue weighted by molar-refractivity contribution is 6.34. The van der Waals surface area contributed by atoms with Crippen molar-refractivity contribution < 1.29 is 4.79 Å². The van der Waals surface area contributed by atoms with Crippen LogP contribution in [0, 0.1) is 0 Å². The smallest absolute Gasteiger partial charge is 0.246 e. The van der Waals surface area contributed by atoms with Crippen LogP contribution in [0.25, 0.3) is 6.08 Å². The number of benzene rings is 1. The molecule has 1 amide bonds. The second-order valence-electron chi connectivity index (χ2n) is 5.36. The minimum Gasteiger partial charge on any atom is -0.337 e. The van der Waals surface area contributed by atoms with Crippen LogP contribution < -0.4 is 4.90 Å². The number of carbonyl (C=O) groups is 1. The first kappa shape index (κ1) is 16.7. The monoisotopic (exact) mass is 362 g/mol. The van der Waals surface area contributed by atoms with Gasteiger partial charge < -0.3 is 9.80 Å². The third-order valence-corrected chi connectivity index (χ3v) is 4.37. The number of rotatable bonds is 3. The summed E-state index contributed by atoms with van der Waals surface area (Å²) in [6, 6.07) is 6.95. The van der Waals surface area contributed by atoms with E-state index in [1.54, 1.807) is 47.6 Å². The van der Waals surface area contributed by atoms with Gasteiger partial charge in [-0.25, -0.2) is 9.97 Å². The maximum atomic E-state index is 12.3. The highest BCUT2D eigenvalue weighted by Gasteiger charge is 2.21. The molecule has 1 fully saturated rings. The summed E-state index contributed by atoms with van der Waals surface area (Å²) in [5, 5.41) is 1.15. The summed E-state index contributed by atoms with van der Waals surface area (Å²) in [6.45, 7) is 2.68. The van der Waals surface area contributed by atoms with Crippen molar-refractivity contribution in [3.63, 3.8) is 0 Å². The summed E-state index contributed by atoms with van der Waals surface area (Å²) < 4.78 is 0. The lowest BCUT2D eigenvalue weighted by Gasteiger charge is -2.34. The first-order valence-electron chi connectivity index (χ1n) is 7.57. The van der Waals surface area contributed by atoms with Gasteiger partial charge in [0.1, 0.15) is 0 Å². The van der Waals surface area contributed by atoms with Gasteiger partial charge in [0.25, 0.3) is 0 Å². The van der Waals surface area contributed by atoms with E-state index in [-0.39, 0.29) is 5.91 Å². The topological polar surface area (TPSA) is 49.3 Å². The van der Waals surface area contributed by atoms with Crippen LogP contribution in [0.15, 0.2) is 42.7 Å². The normalized spacial score (nSPS) is 15.1. The van der Waals surface area contributed by atoms with Gasteiger partial charge in [-0.3, -0.25) is 4.79 Å². The largest absolute Gasteiger partial charge is 0.337 e. The Morgan fingerprint density at radius 3 is 2.50 bits per heavy atom. The average Bonchev–Trinajstić information content (AvgIpc) is 2.63. The number of nitrogens with zero attached hydrogens (tertiary/aromatic N) is 4. The summed E-state index contributed by atoms with van der Waals surface area (Å²) in [4.78, 5) is 24.7. The van der Waals surface area contributed by atoms with Crippen molar-refractivity contribution in [1.29, 1.82) is 0 Å².